The highest BCUT2D eigenvalue weighted by Crippen LogP contribution is 2.22. The number of esters is 1. The second-order valence-electron chi connectivity index (χ2n) is 8.05. The lowest BCUT2D eigenvalue weighted by Crippen LogP contribution is -2.41. The maximum absolute atomic E-state index is 12.3. The minimum atomic E-state index is -0.340. The molecular weight excluding hydrogens is 368 g/mol. The van der Waals surface area contributed by atoms with Gasteiger partial charge in [0.1, 0.15) is 5.82 Å². The van der Waals surface area contributed by atoms with Gasteiger partial charge in [-0.15, -0.1) is 0 Å². The molecule has 1 N–H and O–H groups in total. The van der Waals surface area contributed by atoms with E-state index in [0.29, 0.717) is 24.6 Å². The van der Waals surface area contributed by atoms with E-state index < -0.39 is 0 Å². The molecule has 7 heteroatoms. The van der Waals surface area contributed by atoms with E-state index in [9.17, 15) is 9.59 Å². The third-order valence-corrected chi connectivity index (χ3v) is 5.85. The lowest BCUT2D eigenvalue weighted by molar-refractivity contribution is -0.122. The minimum absolute atomic E-state index is 0.140. The Hall–Kier alpha value is -2.15. The number of hydrogen-bond acceptors (Lipinski definition) is 6. The molecule has 1 saturated carbocycles. The third-order valence-electron chi connectivity index (χ3n) is 5.85. The Bertz CT molecular complexity index is 659. The van der Waals surface area contributed by atoms with Gasteiger partial charge in [-0.2, -0.15) is 0 Å². The fourth-order valence-corrected chi connectivity index (χ4v) is 4.17. The smallest absolute Gasteiger partial charge is 0.339 e. The molecule has 1 aromatic heterocycles. The molecule has 2 heterocycles. The van der Waals surface area contributed by atoms with Crippen molar-refractivity contribution < 1.29 is 14.3 Å². The van der Waals surface area contributed by atoms with Crippen LogP contribution in [0.1, 0.15) is 55.8 Å². The fourth-order valence-electron chi connectivity index (χ4n) is 4.17. The highest BCUT2D eigenvalue weighted by molar-refractivity contribution is 5.89. The van der Waals surface area contributed by atoms with Crippen LogP contribution in [0, 0.1) is 5.92 Å². The van der Waals surface area contributed by atoms with Gasteiger partial charge in [-0.25, -0.2) is 9.78 Å². The molecule has 0 radical (unpaired) electrons. The van der Waals surface area contributed by atoms with E-state index in [2.05, 4.69) is 20.1 Å². The Labute approximate surface area is 173 Å². The van der Waals surface area contributed by atoms with Crippen LogP contribution in [-0.2, 0) is 9.53 Å². The minimum Gasteiger partial charge on any atom is -0.462 e. The predicted octanol–water partition coefficient (Wildman–Crippen LogP) is 2.47. The molecule has 7 nitrogen and oxygen atoms in total. The topological polar surface area (TPSA) is 74.8 Å². The molecular formula is C22H34N4O3. The normalized spacial score (nSPS) is 18.9. The van der Waals surface area contributed by atoms with Crippen LogP contribution in [0.3, 0.4) is 0 Å². The third kappa shape index (κ3) is 6.70. The molecule has 1 aromatic rings. The number of ether oxygens (including phenoxy) is 1. The van der Waals surface area contributed by atoms with E-state index in [0.717, 1.165) is 45.0 Å². The molecule has 1 aliphatic heterocycles. The summed E-state index contributed by atoms with van der Waals surface area (Å²) in [4.78, 5) is 33.0. The first-order valence-corrected chi connectivity index (χ1v) is 11.0. The number of carbonyl (C=O) groups is 2. The van der Waals surface area contributed by atoms with Crippen molar-refractivity contribution in [1.82, 2.24) is 15.2 Å². The molecule has 2 aliphatic rings. The summed E-state index contributed by atoms with van der Waals surface area (Å²) in [6, 6.07) is 3.64. The van der Waals surface area contributed by atoms with Crippen molar-refractivity contribution in [3.63, 3.8) is 0 Å². The molecule has 1 amide bonds. The van der Waals surface area contributed by atoms with Crippen molar-refractivity contribution in [2.45, 2.75) is 45.4 Å². The molecule has 29 heavy (non-hydrogen) atoms. The second kappa shape index (κ2) is 11.1. The number of nitrogens with zero attached hydrogens (tertiary/aromatic N) is 3. The van der Waals surface area contributed by atoms with Crippen molar-refractivity contribution in [3.8, 4) is 0 Å². The number of carbonyl (C=O) groups excluding carboxylic acids is 2. The average Bonchev–Trinajstić information content (AvgIpc) is 2.99. The Morgan fingerprint density at radius 2 is 1.93 bits per heavy atom. The van der Waals surface area contributed by atoms with E-state index in [1.807, 2.05) is 6.07 Å². The van der Waals surface area contributed by atoms with Gasteiger partial charge in [0.25, 0.3) is 0 Å². The average molecular weight is 403 g/mol. The Morgan fingerprint density at radius 1 is 1.10 bits per heavy atom. The van der Waals surface area contributed by atoms with Gasteiger partial charge >= 0.3 is 5.97 Å². The van der Waals surface area contributed by atoms with Crippen molar-refractivity contribution in [2.24, 2.45) is 5.92 Å². The zero-order valence-electron chi connectivity index (χ0n) is 17.6. The van der Waals surface area contributed by atoms with Gasteiger partial charge in [0.15, 0.2) is 0 Å². The Balaban J connectivity index is 1.43. The van der Waals surface area contributed by atoms with E-state index in [4.69, 9.17) is 4.74 Å². The number of aromatic nitrogens is 1. The van der Waals surface area contributed by atoms with Crippen LogP contribution in [-0.4, -0.2) is 67.6 Å². The number of pyridine rings is 1. The number of anilines is 1. The Morgan fingerprint density at radius 3 is 2.66 bits per heavy atom. The van der Waals surface area contributed by atoms with Gasteiger partial charge in [-0.1, -0.05) is 19.3 Å². The SMILES string of the molecule is CCOC(=O)c1ccc(N2CCCN(CC(=O)NCC3CCCCC3)CC2)nc1. The van der Waals surface area contributed by atoms with Gasteiger partial charge in [-0.05, 0) is 44.2 Å². The molecule has 0 aromatic carbocycles. The second-order valence-corrected chi connectivity index (χ2v) is 8.05. The first kappa shape index (κ1) is 21.6. The number of nitrogens with one attached hydrogen (secondary N) is 1. The molecule has 0 atom stereocenters. The first-order valence-electron chi connectivity index (χ1n) is 11.0. The van der Waals surface area contributed by atoms with Crippen molar-refractivity contribution >= 4 is 17.7 Å². The summed E-state index contributed by atoms with van der Waals surface area (Å²) in [5.41, 5.74) is 0.474. The van der Waals surface area contributed by atoms with Crippen LogP contribution in [0.15, 0.2) is 18.3 Å². The van der Waals surface area contributed by atoms with E-state index in [1.54, 1.807) is 19.2 Å². The van der Waals surface area contributed by atoms with Crippen LogP contribution in [0.4, 0.5) is 5.82 Å². The molecule has 0 bridgehead atoms. The zero-order chi connectivity index (χ0) is 20.5. The maximum atomic E-state index is 12.3. The van der Waals surface area contributed by atoms with Gasteiger partial charge < -0.3 is 15.0 Å². The first-order chi connectivity index (χ1) is 14.2. The van der Waals surface area contributed by atoms with E-state index in [-0.39, 0.29) is 11.9 Å². The molecule has 1 aliphatic carbocycles. The quantitative estimate of drug-likeness (QED) is 0.706. The number of amides is 1. The van der Waals surface area contributed by atoms with Crippen LogP contribution in [0.5, 0.6) is 0 Å². The van der Waals surface area contributed by atoms with E-state index in [1.165, 1.54) is 32.1 Å². The summed E-state index contributed by atoms with van der Waals surface area (Å²) < 4.78 is 5.01. The van der Waals surface area contributed by atoms with Crippen molar-refractivity contribution in [3.05, 3.63) is 23.9 Å². The highest BCUT2D eigenvalue weighted by atomic mass is 16.5. The summed E-state index contributed by atoms with van der Waals surface area (Å²) in [7, 11) is 0. The maximum Gasteiger partial charge on any atom is 0.339 e. The van der Waals surface area contributed by atoms with Crippen LogP contribution < -0.4 is 10.2 Å². The van der Waals surface area contributed by atoms with Gasteiger partial charge in [0.05, 0.1) is 18.7 Å². The predicted molar refractivity (Wildman–Crippen MR) is 113 cm³/mol. The highest BCUT2D eigenvalue weighted by Gasteiger charge is 2.19. The molecule has 2 fully saturated rings. The van der Waals surface area contributed by atoms with Gasteiger partial charge in [0.2, 0.25) is 5.91 Å². The van der Waals surface area contributed by atoms with Crippen molar-refractivity contribution in [1.29, 1.82) is 0 Å². The molecule has 160 valence electrons. The van der Waals surface area contributed by atoms with Crippen molar-refractivity contribution in [2.75, 3.05) is 50.8 Å². The lowest BCUT2D eigenvalue weighted by Gasteiger charge is -2.24. The van der Waals surface area contributed by atoms with Crippen LogP contribution in [0.25, 0.3) is 0 Å². The monoisotopic (exact) mass is 402 g/mol. The van der Waals surface area contributed by atoms with Crippen LogP contribution >= 0.6 is 0 Å². The molecule has 1 saturated heterocycles. The molecule has 3 rings (SSSR count). The van der Waals surface area contributed by atoms with E-state index >= 15 is 0 Å². The lowest BCUT2D eigenvalue weighted by atomic mass is 9.89. The summed E-state index contributed by atoms with van der Waals surface area (Å²) in [5.74, 6) is 1.33. The molecule has 0 spiro atoms. The van der Waals surface area contributed by atoms with Gasteiger partial charge in [-0.3, -0.25) is 9.69 Å². The summed E-state index contributed by atoms with van der Waals surface area (Å²) in [5, 5.41) is 3.14. The summed E-state index contributed by atoms with van der Waals surface area (Å²) in [6.07, 6.45) is 9.01. The standard InChI is InChI=1S/C22H34N4O3/c1-2-29-22(28)19-9-10-20(23-16-19)26-12-6-11-25(13-14-26)17-21(27)24-15-18-7-4-3-5-8-18/h9-10,16,18H,2-8,11-15,17H2,1H3,(H,24,27). The Kier molecular flexibility index (Phi) is 8.28. The fraction of sp³-hybridized carbons (Fsp3) is 0.682. The number of hydrogen-bond donors (Lipinski definition) is 1. The van der Waals surface area contributed by atoms with Crippen LogP contribution in [0.2, 0.25) is 0 Å². The summed E-state index contributed by atoms with van der Waals surface area (Å²) >= 11 is 0. The number of rotatable bonds is 7. The van der Waals surface area contributed by atoms with Gasteiger partial charge in [0, 0.05) is 38.9 Å². The molecule has 0 unspecified atom stereocenters. The largest absolute Gasteiger partial charge is 0.462 e. The zero-order valence-corrected chi connectivity index (χ0v) is 17.6. The summed E-state index contributed by atoms with van der Waals surface area (Å²) in [6.45, 7) is 6.90.